The van der Waals surface area contributed by atoms with Gasteiger partial charge < -0.3 is 14.6 Å². The summed E-state index contributed by atoms with van der Waals surface area (Å²) in [5.74, 6) is -0.993. The fourth-order valence-electron chi connectivity index (χ4n) is 2.39. The van der Waals surface area contributed by atoms with Gasteiger partial charge in [-0.15, -0.1) is 0 Å². The second-order valence-corrected chi connectivity index (χ2v) is 4.85. The Bertz CT molecular complexity index is 674. The largest absolute Gasteiger partial charge is 0.478 e. The van der Waals surface area contributed by atoms with Crippen molar-refractivity contribution in [1.29, 1.82) is 0 Å². The monoisotopic (exact) mass is 289 g/mol. The number of rotatable bonds is 5. The molecule has 1 amide bonds. The van der Waals surface area contributed by atoms with Gasteiger partial charge >= 0.3 is 5.97 Å². The molecule has 1 aromatic heterocycles. The van der Waals surface area contributed by atoms with Gasteiger partial charge in [0.25, 0.3) is 0 Å². The van der Waals surface area contributed by atoms with Crippen LogP contribution in [0.15, 0.2) is 24.5 Å². The number of carbonyl (C=O) groups is 2. The van der Waals surface area contributed by atoms with Crippen molar-refractivity contribution in [2.45, 2.75) is 26.8 Å². The van der Waals surface area contributed by atoms with Gasteiger partial charge in [0, 0.05) is 13.1 Å². The Morgan fingerprint density at radius 2 is 2.00 bits per heavy atom. The Morgan fingerprint density at radius 3 is 2.57 bits per heavy atom. The molecule has 2 aromatic rings. The lowest BCUT2D eigenvalue weighted by molar-refractivity contribution is -0.133. The lowest BCUT2D eigenvalue weighted by Crippen LogP contribution is -2.35. The molecule has 1 aromatic carbocycles. The minimum atomic E-state index is -0.993. The molecule has 6 nitrogen and oxygen atoms in total. The predicted octanol–water partition coefficient (Wildman–Crippen LogP) is 2.16. The first-order valence-electron chi connectivity index (χ1n) is 6.98. The van der Waals surface area contributed by atoms with Crippen LogP contribution in [0.25, 0.3) is 11.0 Å². The Kier molecular flexibility index (Phi) is 4.26. The van der Waals surface area contributed by atoms with Crippen LogP contribution in [-0.4, -0.2) is 44.5 Å². The van der Waals surface area contributed by atoms with Gasteiger partial charge in [-0.05, 0) is 39.0 Å². The number of hydrogen-bond acceptors (Lipinski definition) is 3. The zero-order valence-corrected chi connectivity index (χ0v) is 12.4. The minimum absolute atomic E-state index is 0.0000260. The highest BCUT2D eigenvalue weighted by atomic mass is 16.4. The third kappa shape index (κ3) is 2.74. The van der Waals surface area contributed by atoms with Gasteiger partial charge in [-0.3, -0.25) is 4.79 Å². The van der Waals surface area contributed by atoms with Gasteiger partial charge in [-0.25, -0.2) is 9.78 Å². The zero-order valence-electron chi connectivity index (χ0n) is 12.4. The molecule has 1 atom stereocenters. The molecule has 1 N–H and O–H groups in total. The topological polar surface area (TPSA) is 75.4 Å². The third-order valence-corrected chi connectivity index (χ3v) is 3.67. The van der Waals surface area contributed by atoms with Gasteiger partial charge in [-0.2, -0.15) is 0 Å². The number of aromatic carboxylic acids is 1. The highest BCUT2D eigenvalue weighted by Gasteiger charge is 2.21. The molecule has 6 heteroatoms. The van der Waals surface area contributed by atoms with Gasteiger partial charge in [-0.1, -0.05) is 0 Å². The molecule has 0 aliphatic heterocycles. The Morgan fingerprint density at radius 1 is 1.33 bits per heavy atom. The SMILES string of the molecule is CCN(CC)C(=O)C(C)n1cnc2ccc(C(=O)O)cc21. The summed E-state index contributed by atoms with van der Waals surface area (Å²) in [6.07, 6.45) is 1.59. The molecule has 0 spiro atoms. The first-order chi connectivity index (χ1) is 9.99. The van der Waals surface area contributed by atoms with E-state index >= 15 is 0 Å². The van der Waals surface area contributed by atoms with Gasteiger partial charge in [0.15, 0.2) is 0 Å². The maximum atomic E-state index is 12.4. The first-order valence-corrected chi connectivity index (χ1v) is 6.98. The van der Waals surface area contributed by atoms with E-state index in [1.807, 2.05) is 13.8 Å². The Labute approximate surface area is 123 Å². The van der Waals surface area contributed by atoms with Crippen molar-refractivity contribution >= 4 is 22.9 Å². The number of carbonyl (C=O) groups excluding carboxylic acids is 1. The summed E-state index contributed by atoms with van der Waals surface area (Å²) >= 11 is 0. The number of hydrogen-bond donors (Lipinski definition) is 1. The number of likely N-dealkylation sites (N-methyl/N-ethyl adjacent to an activating group) is 1. The summed E-state index contributed by atoms with van der Waals surface area (Å²) in [6.45, 7) is 6.96. The van der Waals surface area contributed by atoms with E-state index in [-0.39, 0.29) is 11.5 Å². The van der Waals surface area contributed by atoms with Crippen molar-refractivity contribution in [2.24, 2.45) is 0 Å². The summed E-state index contributed by atoms with van der Waals surface area (Å²) in [5, 5.41) is 9.08. The second kappa shape index (κ2) is 5.95. The second-order valence-electron chi connectivity index (χ2n) is 4.85. The summed E-state index contributed by atoms with van der Waals surface area (Å²) in [4.78, 5) is 29.5. The third-order valence-electron chi connectivity index (χ3n) is 3.67. The van der Waals surface area contributed by atoms with E-state index in [4.69, 9.17) is 5.11 Å². The van der Waals surface area contributed by atoms with E-state index in [1.54, 1.807) is 34.9 Å². The molecule has 0 radical (unpaired) electrons. The number of benzene rings is 1. The molecule has 0 bridgehead atoms. The highest BCUT2D eigenvalue weighted by Crippen LogP contribution is 2.20. The Hall–Kier alpha value is -2.37. The lowest BCUT2D eigenvalue weighted by atomic mass is 10.2. The van der Waals surface area contributed by atoms with Crippen molar-refractivity contribution in [2.75, 3.05) is 13.1 Å². The maximum absolute atomic E-state index is 12.4. The van der Waals surface area contributed by atoms with E-state index in [9.17, 15) is 9.59 Å². The van der Waals surface area contributed by atoms with Gasteiger partial charge in [0.05, 0.1) is 22.9 Å². The van der Waals surface area contributed by atoms with Crippen molar-refractivity contribution in [3.05, 3.63) is 30.1 Å². The molecule has 0 saturated carbocycles. The number of amides is 1. The number of nitrogens with zero attached hydrogens (tertiary/aromatic N) is 3. The van der Waals surface area contributed by atoms with Crippen LogP contribution in [0.1, 0.15) is 37.2 Å². The van der Waals surface area contributed by atoms with Crippen LogP contribution in [-0.2, 0) is 4.79 Å². The summed E-state index contributed by atoms with van der Waals surface area (Å²) in [7, 11) is 0. The summed E-state index contributed by atoms with van der Waals surface area (Å²) < 4.78 is 1.72. The van der Waals surface area contributed by atoms with Crippen LogP contribution in [0.2, 0.25) is 0 Å². The van der Waals surface area contributed by atoms with Gasteiger partial charge in [0.1, 0.15) is 6.04 Å². The van der Waals surface area contributed by atoms with E-state index in [1.165, 1.54) is 6.07 Å². The van der Waals surface area contributed by atoms with Crippen LogP contribution in [0.5, 0.6) is 0 Å². The zero-order chi connectivity index (χ0) is 15.6. The molecule has 0 aliphatic carbocycles. The van der Waals surface area contributed by atoms with E-state index in [0.717, 1.165) is 0 Å². The van der Waals surface area contributed by atoms with Crippen molar-refractivity contribution in [3.8, 4) is 0 Å². The van der Waals surface area contributed by atoms with Crippen LogP contribution in [0.4, 0.5) is 0 Å². The number of carboxylic acids is 1. The van der Waals surface area contributed by atoms with Crippen molar-refractivity contribution < 1.29 is 14.7 Å². The number of imidazole rings is 1. The highest BCUT2D eigenvalue weighted by molar-refractivity contribution is 5.93. The average Bonchev–Trinajstić information content (AvgIpc) is 2.90. The summed E-state index contributed by atoms with van der Waals surface area (Å²) in [6, 6.07) is 4.30. The lowest BCUT2D eigenvalue weighted by Gasteiger charge is -2.23. The predicted molar refractivity (Wildman–Crippen MR) is 79.3 cm³/mol. The number of aromatic nitrogens is 2. The van der Waals surface area contributed by atoms with E-state index < -0.39 is 12.0 Å². The maximum Gasteiger partial charge on any atom is 0.335 e. The smallest absolute Gasteiger partial charge is 0.335 e. The van der Waals surface area contributed by atoms with Crippen LogP contribution < -0.4 is 0 Å². The molecule has 21 heavy (non-hydrogen) atoms. The molecule has 0 fully saturated rings. The number of carboxylic acid groups (broad SMARTS) is 1. The molecule has 1 unspecified atom stereocenters. The van der Waals surface area contributed by atoms with Crippen LogP contribution in [0.3, 0.4) is 0 Å². The molecular formula is C15H19N3O3. The normalized spacial score (nSPS) is 12.3. The van der Waals surface area contributed by atoms with Crippen LogP contribution >= 0.6 is 0 Å². The first kappa shape index (κ1) is 15.0. The minimum Gasteiger partial charge on any atom is -0.478 e. The Balaban J connectivity index is 2.43. The van der Waals surface area contributed by atoms with Crippen molar-refractivity contribution in [3.63, 3.8) is 0 Å². The molecule has 0 saturated heterocycles. The number of fused-ring (bicyclic) bond motifs is 1. The summed E-state index contributed by atoms with van der Waals surface area (Å²) in [5.41, 5.74) is 1.52. The van der Waals surface area contributed by atoms with E-state index in [0.29, 0.717) is 24.1 Å². The molecular weight excluding hydrogens is 270 g/mol. The average molecular weight is 289 g/mol. The van der Waals surface area contributed by atoms with Crippen LogP contribution in [0, 0.1) is 0 Å². The van der Waals surface area contributed by atoms with Crippen molar-refractivity contribution in [1.82, 2.24) is 14.5 Å². The molecule has 2 rings (SSSR count). The fraction of sp³-hybridized carbons (Fsp3) is 0.400. The molecule has 0 aliphatic rings. The fourth-order valence-corrected chi connectivity index (χ4v) is 2.39. The molecule has 1 heterocycles. The molecule has 112 valence electrons. The van der Waals surface area contributed by atoms with Gasteiger partial charge in [0.2, 0.25) is 5.91 Å². The van der Waals surface area contributed by atoms with E-state index in [2.05, 4.69) is 4.98 Å². The standard InChI is InChI=1S/C15H19N3O3/c1-4-17(5-2)14(19)10(3)18-9-16-12-7-6-11(15(20)21)8-13(12)18/h6-10H,4-5H2,1-3H3,(H,20,21). The quantitative estimate of drug-likeness (QED) is 0.915.